The molecule has 0 aliphatic carbocycles. The molecule has 1 aliphatic rings. The van der Waals surface area contributed by atoms with Crippen molar-refractivity contribution < 1.29 is 5.11 Å². The number of aliphatic hydroxyl groups excluding tert-OH is 1. The third-order valence-corrected chi connectivity index (χ3v) is 1.31. The minimum atomic E-state index is 0.935. The molecule has 0 bridgehead atoms. The first kappa shape index (κ1) is 12.6. The van der Waals surface area contributed by atoms with Crippen molar-refractivity contribution in [2.24, 2.45) is 5.92 Å². The van der Waals surface area contributed by atoms with Crippen LogP contribution in [0.2, 0.25) is 0 Å². The predicted molar refractivity (Wildman–Crippen MR) is 46.1 cm³/mol. The molecule has 1 saturated heterocycles. The summed E-state index contributed by atoms with van der Waals surface area (Å²) in [6.45, 7) is 8.75. The quantitative estimate of drug-likeness (QED) is 0.540. The standard InChI is InChI=1S/C5H11N.C2H6.CH4O/c1-5-2-3-6-4-5;2*1-2/h5-6H,2-4H2,1H3;1-2H3;2H,1H3. The molecule has 1 aliphatic heterocycles. The molecule has 0 spiro atoms. The van der Waals surface area contributed by atoms with Gasteiger partial charge in [0.25, 0.3) is 0 Å². The van der Waals surface area contributed by atoms with E-state index in [1.165, 1.54) is 19.5 Å². The first-order valence-corrected chi connectivity index (χ1v) is 4.05. The highest BCUT2D eigenvalue weighted by molar-refractivity contribution is 4.65. The van der Waals surface area contributed by atoms with Gasteiger partial charge < -0.3 is 10.4 Å². The SMILES string of the molecule is CC.CC1CCNC1.CO. The van der Waals surface area contributed by atoms with Gasteiger partial charge in [0, 0.05) is 7.11 Å². The maximum Gasteiger partial charge on any atom is 0.0319 e. The monoisotopic (exact) mass is 147 g/mol. The molecule has 10 heavy (non-hydrogen) atoms. The van der Waals surface area contributed by atoms with Crippen molar-refractivity contribution in [3.63, 3.8) is 0 Å². The van der Waals surface area contributed by atoms with Gasteiger partial charge in [0.2, 0.25) is 0 Å². The molecule has 1 fully saturated rings. The Morgan fingerprint density at radius 3 is 1.90 bits per heavy atom. The fourth-order valence-corrected chi connectivity index (χ4v) is 0.799. The van der Waals surface area contributed by atoms with Gasteiger partial charge in [-0.05, 0) is 25.4 Å². The summed E-state index contributed by atoms with van der Waals surface area (Å²) < 4.78 is 0. The van der Waals surface area contributed by atoms with Gasteiger partial charge in [-0.15, -0.1) is 0 Å². The van der Waals surface area contributed by atoms with Crippen LogP contribution in [0.5, 0.6) is 0 Å². The molecule has 1 heterocycles. The van der Waals surface area contributed by atoms with Crippen LogP contribution in [0.25, 0.3) is 0 Å². The summed E-state index contributed by atoms with van der Waals surface area (Å²) in [5, 5.41) is 10.3. The highest BCUT2D eigenvalue weighted by atomic mass is 16.2. The Morgan fingerprint density at radius 1 is 1.30 bits per heavy atom. The van der Waals surface area contributed by atoms with Gasteiger partial charge in [0.1, 0.15) is 0 Å². The van der Waals surface area contributed by atoms with Crippen molar-refractivity contribution in [2.75, 3.05) is 20.2 Å². The fraction of sp³-hybridized carbons (Fsp3) is 1.00. The van der Waals surface area contributed by atoms with Crippen LogP contribution in [-0.2, 0) is 0 Å². The predicted octanol–water partition coefficient (Wildman–Crippen LogP) is 1.25. The van der Waals surface area contributed by atoms with Crippen molar-refractivity contribution in [2.45, 2.75) is 27.2 Å². The summed E-state index contributed by atoms with van der Waals surface area (Å²) in [7, 11) is 1.00. The Bertz CT molecular complexity index is 42.5. The maximum absolute atomic E-state index is 7.00. The molecule has 0 aromatic heterocycles. The summed E-state index contributed by atoms with van der Waals surface area (Å²) in [4.78, 5) is 0. The van der Waals surface area contributed by atoms with Crippen molar-refractivity contribution in [3.05, 3.63) is 0 Å². The van der Waals surface area contributed by atoms with E-state index < -0.39 is 0 Å². The van der Waals surface area contributed by atoms with E-state index in [4.69, 9.17) is 5.11 Å². The molecule has 2 N–H and O–H groups in total. The third-order valence-electron chi connectivity index (χ3n) is 1.31. The Hall–Kier alpha value is -0.0800. The molecule has 1 rings (SSSR count). The summed E-state index contributed by atoms with van der Waals surface area (Å²) in [5.74, 6) is 0.935. The average molecular weight is 147 g/mol. The Morgan fingerprint density at radius 2 is 1.80 bits per heavy atom. The molecular weight excluding hydrogens is 126 g/mol. The normalized spacial score (nSPS) is 21.9. The van der Waals surface area contributed by atoms with Crippen LogP contribution in [0.4, 0.5) is 0 Å². The molecule has 1 atom stereocenters. The zero-order valence-electron chi connectivity index (χ0n) is 7.65. The lowest BCUT2D eigenvalue weighted by atomic mass is 10.2. The lowest BCUT2D eigenvalue weighted by Crippen LogP contribution is -2.06. The first-order chi connectivity index (χ1) is 4.89. The Kier molecular flexibility index (Phi) is 14.7. The minimum absolute atomic E-state index is 0.935. The van der Waals surface area contributed by atoms with E-state index in [0.717, 1.165) is 13.0 Å². The summed E-state index contributed by atoms with van der Waals surface area (Å²) >= 11 is 0. The average Bonchev–Trinajstić information content (AvgIpc) is 2.48. The number of hydrogen-bond acceptors (Lipinski definition) is 2. The second-order valence-corrected chi connectivity index (χ2v) is 2.10. The first-order valence-electron chi connectivity index (χ1n) is 4.05. The van der Waals surface area contributed by atoms with Crippen molar-refractivity contribution in [3.8, 4) is 0 Å². The van der Waals surface area contributed by atoms with E-state index in [2.05, 4.69) is 12.2 Å². The van der Waals surface area contributed by atoms with E-state index in [1.54, 1.807) is 0 Å². The molecule has 0 aromatic rings. The molecule has 2 nitrogen and oxygen atoms in total. The van der Waals surface area contributed by atoms with Crippen molar-refractivity contribution in [1.82, 2.24) is 5.32 Å². The molecule has 0 amide bonds. The topological polar surface area (TPSA) is 32.3 Å². The van der Waals surface area contributed by atoms with Crippen LogP contribution >= 0.6 is 0 Å². The Balaban J connectivity index is 0. The van der Waals surface area contributed by atoms with Gasteiger partial charge in [-0.1, -0.05) is 20.8 Å². The van der Waals surface area contributed by atoms with Gasteiger partial charge in [-0.2, -0.15) is 0 Å². The van der Waals surface area contributed by atoms with Gasteiger partial charge in [0.15, 0.2) is 0 Å². The van der Waals surface area contributed by atoms with E-state index >= 15 is 0 Å². The van der Waals surface area contributed by atoms with Crippen LogP contribution in [0.15, 0.2) is 0 Å². The smallest absolute Gasteiger partial charge is 0.0319 e. The van der Waals surface area contributed by atoms with Crippen LogP contribution in [-0.4, -0.2) is 25.3 Å². The largest absolute Gasteiger partial charge is 0.400 e. The fourth-order valence-electron chi connectivity index (χ4n) is 0.799. The van der Waals surface area contributed by atoms with Crippen LogP contribution in [0.3, 0.4) is 0 Å². The minimum Gasteiger partial charge on any atom is -0.400 e. The van der Waals surface area contributed by atoms with E-state index in [0.29, 0.717) is 0 Å². The second-order valence-electron chi connectivity index (χ2n) is 2.10. The number of rotatable bonds is 0. The number of hydrogen-bond donors (Lipinski definition) is 2. The molecule has 64 valence electrons. The maximum atomic E-state index is 7.00. The summed E-state index contributed by atoms with van der Waals surface area (Å²) in [5.41, 5.74) is 0. The summed E-state index contributed by atoms with van der Waals surface area (Å²) in [6.07, 6.45) is 1.38. The number of aliphatic hydroxyl groups is 1. The molecule has 2 heteroatoms. The zero-order valence-corrected chi connectivity index (χ0v) is 7.65. The van der Waals surface area contributed by atoms with Gasteiger partial charge in [0.05, 0.1) is 0 Å². The highest BCUT2D eigenvalue weighted by Gasteiger charge is 2.06. The second kappa shape index (κ2) is 11.7. The molecule has 0 aromatic carbocycles. The summed E-state index contributed by atoms with van der Waals surface area (Å²) in [6, 6.07) is 0. The highest BCUT2D eigenvalue weighted by Crippen LogP contribution is 2.03. The van der Waals surface area contributed by atoms with E-state index in [-0.39, 0.29) is 0 Å². The molecule has 0 saturated carbocycles. The van der Waals surface area contributed by atoms with Crippen molar-refractivity contribution >= 4 is 0 Å². The molecule has 0 radical (unpaired) electrons. The third kappa shape index (κ3) is 7.92. The Labute approximate surface area is 64.6 Å². The lowest BCUT2D eigenvalue weighted by molar-refractivity contribution is 0.399. The van der Waals surface area contributed by atoms with E-state index in [9.17, 15) is 0 Å². The van der Waals surface area contributed by atoms with Gasteiger partial charge in [-0.3, -0.25) is 0 Å². The number of nitrogens with one attached hydrogen (secondary N) is 1. The van der Waals surface area contributed by atoms with Gasteiger partial charge in [-0.25, -0.2) is 0 Å². The van der Waals surface area contributed by atoms with Gasteiger partial charge >= 0.3 is 0 Å². The zero-order chi connectivity index (χ0) is 8.41. The van der Waals surface area contributed by atoms with Crippen molar-refractivity contribution in [1.29, 1.82) is 0 Å². The van der Waals surface area contributed by atoms with Crippen LogP contribution in [0, 0.1) is 5.92 Å². The lowest BCUT2D eigenvalue weighted by Gasteiger charge is -1.90. The van der Waals surface area contributed by atoms with Crippen LogP contribution in [0.1, 0.15) is 27.2 Å². The molecule has 1 unspecified atom stereocenters. The molecular formula is C8H21NO. The van der Waals surface area contributed by atoms with E-state index in [1.807, 2.05) is 13.8 Å². The van der Waals surface area contributed by atoms with Crippen LogP contribution < -0.4 is 5.32 Å².